The number of fused-ring (bicyclic) bond motifs is 16. The largest absolute Gasteiger partial charge is 0.344 e. The highest BCUT2D eigenvalue weighted by atomic mass is 14.9. The van der Waals surface area contributed by atoms with Crippen LogP contribution in [0.4, 0.5) is 0 Å². The lowest BCUT2D eigenvalue weighted by Gasteiger charge is -2.34. The minimum Gasteiger partial charge on any atom is -0.344 e. The first kappa shape index (κ1) is 46.1. The maximum atomic E-state index is 2.65. The molecule has 0 N–H and O–H groups in total. The number of hydrogen-bond donors (Lipinski definition) is 0. The second-order valence-corrected chi connectivity index (χ2v) is 24.0. The Labute approximate surface area is 463 Å². The Balaban J connectivity index is 0.967. The van der Waals surface area contributed by atoms with Gasteiger partial charge in [0.25, 0.3) is 0 Å². The molecule has 0 radical (unpaired) electrons. The molecule has 3 aliphatic rings. The Morgan fingerprint density at radius 1 is 0.278 bits per heavy atom. The van der Waals surface area contributed by atoms with Gasteiger partial charge >= 0.3 is 0 Å². The van der Waals surface area contributed by atoms with E-state index >= 15 is 0 Å². The van der Waals surface area contributed by atoms with Crippen LogP contribution >= 0.6 is 0 Å². The lowest BCUT2D eigenvalue weighted by Crippen LogP contribution is -2.29. The highest BCUT2D eigenvalue weighted by Crippen LogP contribution is 2.64. The van der Waals surface area contributed by atoms with Crippen LogP contribution in [0.3, 0.4) is 0 Å². The predicted octanol–water partition coefficient (Wildman–Crippen LogP) is 20.2. The van der Waals surface area contributed by atoms with Gasteiger partial charge in [0.2, 0.25) is 0 Å². The van der Waals surface area contributed by atoms with Crippen molar-refractivity contribution in [1.82, 2.24) is 4.57 Å². The summed E-state index contributed by atoms with van der Waals surface area (Å²) in [6.45, 7) is 14.4. The smallest absolute Gasteiger partial charge is 0.0714 e. The number of aromatic nitrogens is 1. The van der Waals surface area contributed by atoms with Crippen molar-refractivity contribution in [2.45, 2.75) is 57.8 Å². The summed E-state index contributed by atoms with van der Waals surface area (Å²) in [5, 5.41) is 7.79. The van der Waals surface area contributed by atoms with Crippen LogP contribution in [0.1, 0.15) is 83.3 Å². The van der Waals surface area contributed by atoms with Crippen LogP contribution in [-0.4, -0.2) is 4.57 Å². The fraction of sp³-hybridized carbons (Fsp3) is 0.128. The van der Waals surface area contributed by atoms with E-state index in [1.807, 2.05) is 0 Å². The van der Waals surface area contributed by atoms with Gasteiger partial charge in [-0.15, -0.1) is 0 Å². The van der Waals surface area contributed by atoms with Crippen molar-refractivity contribution in [2.24, 2.45) is 7.05 Å². The molecule has 376 valence electrons. The minimum atomic E-state index is -0.615. The molecule has 12 aromatic carbocycles. The Hall–Kier alpha value is -9.04. The van der Waals surface area contributed by atoms with Gasteiger partial charge in [0.15, 0.2) is 0 Å². The monoisotopic (exact) mass is 1010 g/mol. The summed E-state index contributed by atoms with van der Waals surface area (Å²) in [5.74, 6) is 0. The van der Waals surface area contributed by atoms with Crippen molar-refractivity contribution < 1.29 is 0 Å². The third kappa shape index (κ3) is 6.00. The molecule has 13 aromatic rings. The molecule has 0 amide bonds. The molecule has 1 heterocycles. The molecule has 3 aliphatic carbocycles. The zero-order valence-electron chi connectivity index (χ0n) is 45.9. The summed E-state index contributed by atoms with van der Waals surface area (Å²) in [7, 11) is 2.21. The van der Waals surface area contributed by atoms with Crippen molar-refractivity contribution in [2.75, 3.05) is 0 Å². The zero-order chi connectivity index (χ0) is 53.3. The summed E-state index contributed by atoms with van der Waals surface area (Å²) in [4.78, 5) is 0. The number of benzene rings is 12. The van der Waals surface area contributed by atoms with Crippen LogP contribution in [0.5, 0.6) is 0 Å². The fourth-order valence-electron chi connectivity index (χ4n) is 15.6. The van der Waals surface area contributed by atoms with E-state index in [4.69, 9.17) is 0 Å². The van der Waals surface area contributed by atoms with Gasteiger partial charge in [0, 0.05) is 39.7 Å². The van der Waals surface area contributed by atoms with E-state index in [0.29, 0.717) is 0 Å². The fourth-order valence-corrected chi connectivity index (χ4v) is 15.6. The summed E-state index contributed by atoms with van der Waals surface area (Å²) in [6.07, 6.45) is 0. The van der Waals surface area contributed by atoms with E-state index in [1.54, 1.807) is 0 Å². The van der Waals surface area contributed by atoms with Crippen LogP contribution in [-0.2, 0) is 23.3 Å². The van der Waals surface area contributed by atoms with E-state index in [9.17, 15) is 0 Å². The van der Waals surface area contributed by atoms with Crippen molar-refractivity contribution >= 4 is 43.4 Å². The van der Waals surface area contributed by atoms with Gasteiger partial charge in [-0.2, -0.15) is 0 Å². The van der Waals surface area contributed by atoms with E-state index in [-0.39, 0.29) is 10.8 Å². The van der Waals surface area contributed by atoms with Crippen LogP contribution < -0.4 is 0 Å². The summed E-state index contributed by atoms with van der Waals surface area (Å²) in [6, 6.07) is 88.5. The van der Waals surface area contributed by atoms with Gasteiger partial charge in [0.1, 0.15) is 0 Å². The molecule has 1 aromatic heterocycles. The standard InChI is InChI=1S/C78H59N/c1-46-24-14-15-30-50(46)72-47(2)25-22-36-55(72)58-40-68-73(53-33-18-16-31-51(53)58)62-44-66-60(42-64(62)76(68,3)4)61-43-65-63(45-67(61)78(66,48-26-10-8-11-27-48)49-28-12-9-13-29-49)74-54-34-19-17-32-52(54)59(41-69(74)77(65,5)6)56-37-23-39-71-75(56)57-35-20-21-38-70(57)79(71)7/h8-45H,1-7H3. The van der Waals surface area contributed by atoms with Crippen LogP contribution in [0, 0.1) is 13.8 Å². The third-order valence-electron chi connectivity index (χ3n) is 19.4. The second kappa shape index (κ2) is 16.3. The number of aryl methyl sites for hydroxylation is 3. The van der Waals surface area contributed by atoms with E-state index in [0.717, 1.165) is 0 Å². The average molecular weight is 1010 g/mol. The zero-order valence-corrected chi connectivity index (χ0v) is 45.9. The molecule has 0 bridgehead atoms. The number of hydrogen-bond acceptors (Lipinski definition) is 0. The molecule has 0 saturated carbocycles. The molecular weight excluding hydrogens is 951 g/mol. The van der Waals surface area contributed by atoms with Crippen molar-refractivity contribution in [1.29, 1.82) is 0 Å². The van der Waals surface area contributed by atoms with Gasteiger partial charge in [0.05, 0.1) is 5.41 Å². The minimum absolute atomic E-state index is 0.301. The number of para-hydroxylation sites is 1. The maximum absolute atomic E-state index is 2.65. The molecule has 0 aliphatic heterocycles. The summed E-state index contributed by atoms with van der Waals surface area (Å²) < 4.78 is 2.36. The van der Waals surface area contributed by atoms with Crippen LogP contribution in [0.2, 0.25) is 0 Å². The molecule has 0 atom stereocenters. The SMILES string of the molecule is Cc1ccccc1-c1c(C)cccc1-c1cc2c(c3ccccc13)-c1cc3c(cc1C2(C)C)-c1cc2c(cc1C3(c1ccccc1)c1ccccc1)-c1c(cc(-c3cccc4c3c3ccccc3n4C)c3ccccc13)C2(C)C. The second-order valence-electron chi connectivity index (χ2n) is 24.0. The topological polar surface area (TPSA) is 4.93 Å². The molecule has 1 nitrogen and oxygen atoms in total. The molecule has 0 spiro atoms. The van der Waals surface area contributed by atoms with E-state index in [2.05, 4.69) is 284 Å². The van der Waals surface area contributed by atoms with Crippen LogP contribution in [0.25, 0.3) is 110 Å². The lowest BCUT2D eigenvalue weighted by molar-refractivity contribution is 0.660. The molecule has 16 rings (SSSR count). The maximum Gasteiger partial charge on any atom is 0.0714 e. The average Bonchev–Trinajstić information content (AvgIpc) is 4.23. The van der Waals surface area contributed by atoms with Crippen LogP contribution in [0.15, 0.2) is 231 Å². The number of rotatable bonds is 5. The molecule has 0 unspecified atom stereocenters. The van der Waals surface area contributed by atoms with Crippen molar-refractivity contribution in [3.8, 4) is 66.8 Å². The highest BCUT2D eigenvalue weighted by Gasteiger charge is 2.51. The van der Waals surface area contributed by atoms with E-state index in [1.165, 1.54) is 166 Å². The van der Waals surface area contributed by atoms with Gasteiger partial charge in [-0.1, -0.05) is 210 Å². The molecule has 0 saturated heterocycles. The quantitative estimate of drug-likeness (QED) is 0.162. The first-order chi connectivity index (χ1) is 38.5. The van der Waals surface area contributed by atoms with Crippen molar-refractivity contribution in [3.63, 3.8) is 0 Å². The summed E-state index contributed by atoms with van der Waals surface area (Å²) >= 11 is 0. The van der Waals surface area contributed by atoms with Gasteiger partial charge in [-0.25, -0.2) is 0 Å². The van der Waals surface area contributed by atoms with Gasteiger partial charge < -0.3 is 4.57 Å². The normalized spacial score (nSPS) is 14.8. The highest BCUT2D eigenvalue weighted by molar-refractivity contribution is 6.19. The molecular formula is C78H59N. The Kier molecular flexibility index (Phi) is 9.49. The van der Waals surface area contributed by atoms with Gasteiger partial charge in [-0.05, 0) is 206 Å². The first-order valence-corrected chi connectivity index (χ1v) is 28.2. The lowest BCUT2D eigenvalue weighted by atomic mass is 9.67. The van der Waals surface area contributed by atoms with E-state index < -0.39 is 5.41 Å². The summed E-state index contributed by atoms with van der Waals surface area (Å²) in [5.41, 5.74) is 30.5. The molecule has 1 heteroatoms. The Bertz CT molecular complexity index is 4750. The predicted molar refractivity (Wildman–Crippen MR) is 334 cm³/mol. The van der Waals surface area contributed by atoms with Crippen molar-refractivity contribution in [3.05, 3.63) is 286 Å². The molecule has 0 fully saturated rings. The Morgan fingerprint density at radius 3 is 1.25 bits per heavy atom. The molecule has 79 heavy (non-hydrogen) atoms. The third-order valence-corrected chi connectivity index (χ3v) is 19.4. The first-order valence-electron chi connectivity index (χ1n) is 28.2. The van der Waals surface area contributed by atoms with Gasteiger partial charge in [-0.3, -0.25) is 0 Å². The Morgan fingerprint density at radius 2 is 0.684 bits per heavy atom. The number of nitrogens with zero attached hydrogens (tertiary/aromatic N) is 1.